The van der Waals surface area contributed by atoms with Crippen LogP contribution in [0.15, 0.2) is 12.1 Å². The van der Waals surface area contributed by atoms with Gasteiger partial charge in [-0.15, -0.1) is 0 Å². The van der Waals surface area contributed by atoms with Crippen LogP contribution in [-0.2, 0) is 16.0 Å². The molecule has 1 aromatic rings. The van der Waals surface area contributed by atoms with Gasteiger partial charge in [0.25, 0.3) is 0 Å². The van der Waals surface area contributed by atoms with Gasteiger partial charge in [0.1, 0.15) is 5.82 Å². The van der Waals surface area contributed by atoms with E-state index >= 15 is 0 Å². The molecule has 0 saturated carbocycles. The number of amides is 3. The van der Waals surface area contributed by atoms with Crippen LogP contribution >= 0.6 is 0 Å². The molecular formula is C20H27F3N4O3. The Kier molecular flexibility index (Phi) is 7.54. The number of ether oxygens (including phenoxy) is 1. The number of hydrogen-bond acceptors (Lipinski definition) is 4. The largest absolute Gasteiger partial charge is 0.378 e. The maximum atomic E-state index is 13.8. The number of hydrogen-bond donors (Lipinski definition) is 2. The molecule has 2 saturated heterocycles. The number of carbonyl (C=O) groups excluding carboxylic acids is 2. The lowest BCUT2D eigenvalue weighted by Gasteiger charge is -2.35. The van der Waals surface area contributed by atoms with E-state index < -0.39 is 23.5 Å². The summed E-state index contributed by atoms with van der Waals surface area (Å²) in [4.78, 5) is 28.1. The van der Waals surface area contributed by atoms with Gasteiger partial charge in [0.05, 0.1) is 13.2 Å². The zero-order valence-electron chi connectivity index (χ0n) is 16.7. The van der Waals surface area contributed by atoms with E-state index in [4.69, 9.17) is 10.5 Å². The second-order valence-corrected chi connectivity index (χ2v) is 7.73. The summed E-state index contributed by atoms with van der Waals surface area (Å²) in [5.74, 6) is -3.47. The Hall–Kier alpha value is -2.33. The summed E-state index contributed by atoms with van der Waals surface area (Å²) in [6.45, 7) is 3.18. The molecule has 2 heterocycles. The first kappa shape index (κ1) is 22.4. The second-order valence-electron chi connectivity index (χ2n) is 7.73. The number of likely N-dealkylation sites (tertiary alicyclic amines) is 1. The molecule has 3 rings (SSSR count). The van der Waals surface area contributed by atoms with Gasteiger partial charge in [-0.1, -0.05) is 0 Å². The van der Waals surface area contributed by atoms with Gasteiger partial charge in [-0.3, -0.25) is 4.79 Å². The fraction of sp³-hybridized carbons (Fsp3) is 0.600. The van der Waals surface area contributed by atoms with E-state index in [1.165, 1.54) is 0 Å². The molecule has 1 aromatic carbocycles. The fourth-order valence-electron chi connectivity index (χ4n) is 3.73. The molecular weight excluding hydrogens is 401 g/mol. The zero-order valence-corrected chi connectivity index (χ0v) is 16.7. The van der Waals surface area contributed by atoms with Crippen LogP contribution in [0, 0.1) is 17.5 Å². The van der Waals surface area contributed by atoms with Crippen molar-refractivity contribution in [2.45, 2.75) is 37.8 Å². The van der Waals surface area contributed by atoms with Gasteiger partial charge in [0.15, 0.2) is 11.6 Å². The van der Waals surface area contributed by atoms with E-state index in [-0.39, 0.29) is 36.4 Å². The average Bonchev–Trinajstić information content (AvgIpc) is 2.73. The summed E-state index contributed by atoms with van der Waals surface area (Å²) < 4.78 is 45.3. The number of carbonyl (C=O) groups is 2. The van der Waals surface area contributed by atoms with Gasteiger partial charge in [0.2, 0.25) is 5.91 Å². The van der Waals surface area contributed by atoms with Crippen molar-refractivity contribution in [3.63, 3.8) is 0 Å². The van der Waals surface area contributed by atoms with Crippen LogP contribution in [0.5, 0.6) is 0 Å². The number of nitrogens with one attached hydrogen (secondary N) is 1. The lowest BCUT2D eigenvalue weighted by Crippen LogP contribution is -2.52. The first-order valence-corrected chi connectivity index (χ1v) is 10.1. The summed E-state index contributed by atoms with van der Waals surface area (Å²) in [7, 11) is 0. The van der Waals surface area contributed by atoms with E-state index in [0.29, 0.717) is 58.3 Å². The fourth-order valence-corrected chi connectivity index (χ4v) is 3.73. The van der Waals surface area contributed by atoms with Gasteiger partial charge in [0, 0.05) is 50.7 Å². The number of benzene rings is 1. The molecule has 3 N–H and O–H groups in total. The minimum absolute atomic E-state index is 0.00523. The number of nitrogens with zero attached hydrogens (tertiary/aromatic N) is 2. The SMILES string of the molecule is NC(CC(=O)N1CCC(NC(=O)N2CCOCC2)CC1)Cc1cc(F)c(F)cc1F. The normalized spacial score (nSPS) is 18.9. The summed E-state index contributed by atoms with van der Waals surface area (Å²) in [5, 5.41) is 3.00. The topological polar surface area (TPSA) is 87.9 Å². The predicted molar refractivity (Wildman–Crippen MR) is 103 cm³/mol. The summed E-state index contributed by atoms with van der Waals surface area (Å²) in [6.07, 6.45) is 1.17. The maximum absolute atomic E-state index is 13.8. The second kappa shape index (κ2) is 10.1. The highest BCUT2D eigenvalue weighted by atomic mass is 19.2. The van der Waals surface area contributed by atoms with Crippen molar-refractivity contribution >= 4 is 11.9 Å². The van der Waals surface area contributed by atoms with Crippen molar-refractivity contribution in [3.8, 4) is 0 Å². The van der Waals surface area contributed by atoms with Gasteiger partial charge < -0.3 is 25.6 Å². The highest BCUT2D eigenvalue weighted by Gasteiger charge is 2.27. The van der Waals surface area contributed by atoms with Crippen molar-refractivity contribution in [3.05, 3.63) is 35.1 Å². The molecule has 2 aliphatic heterocycles. The number of morpholine rings is 1. The molecule has 2 fully saturated rings. The van der Waals surface area contributed by atoms with Crippen molar-refractivity contribution in [1.82, 2.24) is 15.1 Å². The molecule has 0 aliphatic carbocycles. The predicted octanol–water partition coefficient (Wildman–Crippen LogP) is 1.40. The number of urea groups is 1. The van der Waals surface area contributed by atoms with Crippen LogP contribution in [0.4, 0.5) is 18.0 Å². The van der Waals surface area contributed by atoms with E-state index in [0.717, 1.165) is 6.07 Å². The van der Waals surface area contributed by atoms with Crippen LogP contribution in [0.3, 0.4) is 0 Å². The Morgan fingerprint density at radius 3 is 2.33 bits per heavy atom. The number of nitrogens with two attached hydrogens (primary N) is 1. The summed E-state index contributed by atoms with van der Waals surface area (Å²) in [6, 6.07) is 0.427. The Morgan fingerprint density at radius 2 is 1.67 bits per heavy atom. The summed E-state index contributed by atoms with van der Waals surface area (Å²) >= 11 is 0. The van der Waals surface area contributed by atoms with Gasteiger partial charge in [-0.05, 0) is 30.9 Å². The molecule has 7 nitrogen and oxygen atoms in total. The van der Waals surface area contributed by atoms with Crippen LogP contribution < -0.4 is 11.1 Å². The molecule has 166 valence electrons. The standard InChI is InChI=1S/C20H27F3N4O3/c21-16-12-18(23)17(22)10-13(16)9-14(24)11-19(28)26-3-1-15(2-4-26)25-20(29)27-5-7-30-8-6-27/h10,12,14-15H,1-9,11,24H2,(H,25,29). The Balaban J connectivity index is 1.42. The quantitative estimate of drug-likeness (QED) is 0.694. The highest BCUT2D eigenvalue weighted by Crippen LogP contribution is 2.17. The first-order valence-electron chi connectivity index (χ1n) is 10.1. The third kappa shape index (κ3) is 5.85. The number of rotatable bonds is 5. The molecule has 3 amide bonds. The molecule has 2 aliphatic rings. The van der Waals surface area contributed by atoms with Crippen molar-refractivity contribution in [1.29, 1.82) is 0 Å². The van der Waals surface area contributed by atoms with E-state index in [2.05, 4.69) is 5.32 Å². The van der Waals surface area contributed by atoms with E-state index in [9.17, 15) is 22.8 Å². The molecule has 0 bridgehead atoms. The first-order chi connectivity index (χ1) is 14.3. The van der Waals surface area contributed by atoms with Crippen LogP contribution in [0.1, 0.15) is 24.8 Å². The number of piperidine rings is 1. The Morgan fingerprint density at radius 1 is 1.03 bits per heavy atom. The van der Waals surface area contributed by atoms with Crippen LogP contribution in [-0.4, -0.2) is 73.2 Å². The Bertz CT molecular complexity index is 766. The third-order valence-electron chi connectivity index (χ3n) is 5.48. The van der Waals surface area contributed by atoms with Crippen molar-refractivity contribution < 1.29 is 27.5 Å². The molecule has 10 heteroatoms. The molecule has 1 atom stereocenters. The van der Waals surface area contributed by atoms with Gasteiger partial charge >= 0.3 is 6.03 Å². The lowest BCUT2D eigenvalue weighted by molar-refractivity contribution is -0.132. The average molecular weight is 428 g/mol. The van der Waals surface area contributed by atoms with Crippen LogP contribution in [0.2, 0.25) is 0 Å². The van der Waals surface area contributed by atoms with Crippen molar-refractivity contribution in [2.24, 2.45) is 5.73 Å². The minimum atomic E-state index is -1.26. The van der Waals surface area contributed by atoms with Gasteiger partial charge in [-0.25, -0.2) is 18.0 Å². The number of halogens is 3. The molecule has 30 heavy (non-hydrogen) atoms. The smallest absolute Gasteiger partial charge is 0.317 e. The van der Waals surface area contributed by atoms with Crippen LogP contribution in [0.25, 0.3) is 0 Å². The van der Waals surface area contributed by atoms with Crippen molar-refractivity contribution in [2.75, 3.05) is 39.4 Å². The maximum Gasteiger partial charge on any atom is 0.317 e. The summed E-state index contributed by atoms with van der Waals surface area (Å²) in [5.41, 5.74) is 5.89. The third-order valence-corrected chi connectivity index (χ3v) is 5.48. The minimum Gasteiger partial charge on any atom is -0.378 e. The van der Waals surface area contributed by atoms with E-state index in [1.807, 2.05) is 0 Å². The molecule has 1 unspecified atom stereocenters. The molecule has 0 spiro atoms. The van der Waals surface area contributed by atoms with E-state index in [1.54, 1.807) is 9.80 Å². The Labute approximate surface area is 173 Å². The lowest BCUT2D eigenvalue weighted by atomic mass is 10.0. The molecule has 0 radical (unpaired) electrons. The highest BCUT2D eigenvalue weighted by molar-refractivity contribution is 5.77. The molecule has 0 aromatic heterocycles. The monoisotopic (exact) mass is 428 g/mol. The zero-order chi connectivity index (χ0) is 21.7. The van der Waals surface area contributed by atoms with Gasteiger partial charge in [-0.2, -0.15) is 0 Å².